The molecule has 1 N–H and O–H groups in total. The molecule has 2 atom stereocenters. The van der Waals surface area contributed by atoms with E-state index in [0.29, 0.717) is 19.4 Å². The van der Waals surface area contributed by atoms with Crippen LogP contribution in [0, 0.1) is 0 Å². The number of carbonyl (C=O) groups is 2. The fraction of sp³-hybridized carbons (Fsp3) is 0.667. The molecule has 1 aromatic heterocycles. The molecule has 1 aliphatic heterocycles. The van der Waals surface area contributed by atoms with Crippen LogP contribution in [0.2, 0.25) is 0 Å². The Hall–Kier alpha value is -1.43. The lowest BCUT2D eigenvalue weighted by atomic mass is 9.91. The SMILES string of the molecule is CCc1cnc(CN2C(=O)C(C)(CC)NC(=O)C2CC)s1. The summed E-state index contributed by atoms with van der Waals surface area (Å²) in [6.07, 6.45) is 4.00. The van der Waals surface area contributed by atoms with Gasteiger partial charge in [-0.3, -0.25) is 9.59 Å². The third kappa shape index (κ3) is 2.95. The number of hydrogen-bond donors (Lipinski definition) is 1. The Morgan fingerprint density at radius 2 is 2.10 bits per heavy atom. The van der Waals surface area contributed by atoms with Crippen LogP contribution in [0.3, 0.4) is 0 Å². The van der Waals surface area contributed by atoms with Crippen LogP contribution in [-0.2, 0) is 22.6 Å². The zero-order chi connectivity index (χ0) is 15.6. The molecular formula is C15H23N3O2S. The number of piperazine rings is 1. The summed E-state index contributed by atoms with van der Waals surface area (Å²) < 4.78 is 0. The van der Waals surface area contributed by atoms with Crippen LogP contribution in [0.4, 0.5) is 0 Å². The van der Waals surface area contributed by atoms with Crippen molar-refractivity contribution in [2.75, 3.05) is 0 Å². The number of carbonyl (C=O) groups excluding carboxylic acids is 2. The minimum absolute atomic E-state index is 0.00954. The molecule has 1 aliphatic rings. The lowest BCUT2D eigenvalue weighted by Gasteiger charge is -2.43. The predicted molar refractivity (Wildman–Crippen MR) is 83.0 cm³/mol. The van der Waals surface area contributed by atoms with E-state index in [0.717, 1.165) is 11.4 Å². The summed E-state index contributed by atoms with van der Waals surface area (Å²) in [5, 5.41) is 3.77. The molecule has 1 fully saturated rings. The smallest absolute Gasteiger partial charge is 0.249 e. The van der Waals surface area contributed by atoms with E-state index in [4.69, 9.17) is 0 Å². The van der Waals surface area contributed by atoms with Crippen LogP contribution in [0.5, 0.6) is 0 Å². The van der Waals surface area contributed by atoms with Crippen LogP contribution in [0.1, 0.15) is 50.4 Å². The fourth-order valence-corrected chi connectivity index (χ4v) is 3.43. The van der Waals surface area contributed by atoms with Gasteiger partial charge in [-0.25, -0.2) is 4.98 Å². The highest BCUT2D eigenvalue weighted by Gasteiger charge is 2.46. The zero-order valence-corrected chi connectivity index (χ0v) is 13.9. The minimum atomic E-state index is -0.798. The summed E-state index contributed by atoms with van der Waals surface area (Å²) in [4.78, 5) is 32.3. The second-order valence-corrected chi connectivity index (χ2v) is 6.81. The molecule has 0 aliphatic carbocycles. The van der Waals surface area contributed by atoms with Crippen molar-refractivity contribution < 1.29 is 9.59 Å². The second kappa shape index (κ2) is 6.13. The van der Waals surface area contributed by atoms with Gasteiger partial charge < -0.3 is 10.2 Å². The normalized spacial score (nSPS) is 26.1. The van der Waals surface area contributed by atoms with Gasteiger partial charge in [0.2, 0.25) is 11.8 Å². The number of rotatable bonds is 5. The van der Waals surface area contributed by atoms with Crippen molar-refractivity contribution >= 4 is 23.2 Å². The summed E-state index contributed by atoms with van der Waals surface area (Å²) in [5.74, 6) is -0.0709. The molecule has 2 rings (SSSR count). The third-order valence-electron chi connectivity index (χ3n) is 4.16. The number of nitrogens with one attached hydrogen (secondary N) is 1. The van der Waals surface area contributed by atoms with E-state index in [-0.39, 0.29) is 11.8 Å². The van der Waals surface area contributed by atoms with Crippen LogP contribution in [0.15, 0.2) is 6.20 Å². The summed E-state index contributed by atoms with van der Waals surface area (Å²) in [7, 11) is 0. The molecule has 0 bridgehead atoms. The van der Waals surface area contributed by atoms with Crippen molar-refractivity contribution in [2.45, 2.75) is 65.1 Å². The van der Waals surface area contributed by atoms with E-state index in [1.807, 2.05) is 20.0 Å². The van der Waals surface area contributed by atoms with Crippen LogP contribution in [0.25, 0.3) is 0 Å². The van der Waals surface area contributed by atoms with E-state index in [1.165, 1.54) is 4.88 Å². The van der Waals surface area contributed by atoms with Gasteiger partial charge in [-0.15, -0.1) is 11.3 Å². The average Bonchev–Trinajstić information content (AvgIpc) is 2.92. The van der Waals surface area contributed by atoms with Gasteiger partial charge in [0.05, 0.1) is 6.54 Å². The lowest BCUT2D eigenvalue weighted by molar-refractivity contribution is -0.155. The quantitative estimate of drug-likeness (QED) is 0.906. The van der Waals surface area contributed by atoms with Gasteiger partial charge in [-0.05, 0) is 26.2 Å². The minimum Gasteiger partial charge on any atom is -0.340 e. The van der Waals surface area contributed by atoms with Crippen LogP contribution in [-0.4, -0.2) is 33.3 Å². The number of aromatic nitrogens is 1. The Kier molecular flexibility index (Phi) is 4.66. The molecule has 2 unspecified atom stereocenters. The standard InChI is InChI=1S/C15H23N3O2S/c1-5-10-8-16-12(21-10)9-18-11(6-2)13(19)17-15(4,7-3)14(18)20/h8,11H,5-7,9H2,1-4H3,(H,17,19). The van der Waals surface area contributed by atoms with Crippen molar-refractivity contribution in [3.63, 3.8) is 0 Å². The summed E-state index contributed by atoms with van der Waals surface area (Å²) in [6.45, 7) is 8.15. The van der Waals surface area contributed by atoms with E-state index < -0.39 is 11.6 Å². The van der Waals surface area contributed by atoms with Gasteiger partial charge in [-0.2, -0.15) is 0 Å². The monoisotopic (exact) mass is 309 g/mol. The Labute approximate surface area is 129 Å². The van der Waals surface area contributed by atoms with Gasteiger partial charge in [-0.1, -0.05) is 20.8 Å². The number of nitrogens with zero attached hydrogens (tertiary/aromatic N) is 2. The largest absolute Gasteiger partial charge is 0.340 e. The van der Waals surface area contributed by atoms with Crippen LogP contribution >= 0.6 is 11.3 Å². The number of amides is 2. The molecule has 1 aromatic rings. The molecule has 21 heavy (non-hydrogen) atoms. The van der Waals surface area contributed by atoms with Gasteiger partial charge in [0.15, 0.2) is 0 Å². The maximum atomic E-state index is 12.8. The maximum Gasteiger partial charge on any atom is 0.249 e. The van der Waals surface area contributed by atoms with Gasteiger partial charge >= 0.3 is 0 Å². The topological polar surface area (TPSA) is 62.3 Å². The van der Waals surface area contributed by atoms with E-state index in [1.54, 1.807) is 23.2 Å². The van der Waals surface area contributed by atoms with Gasteiger partial charge in [0.25, 0.3) is 0 Å². The molecular weight excluding hydrogens is 286 g/mol. The Morgan fingerprint density at radius 1 is 1.38 bits per heavy atom. The highest BCUT2D eigenvalue weighted by molar-refractivity contribution is 7.11. The Morgan fingerprint density at radius 3 is 2.62 bits per heavy atom. The van der Waals surface area contributed by atoms with Crippen molar-refractivity contribution in [3.8, 4) is 0 Å². The van der Waals surface area contributed by atoms with Gasteiger partial charge in [0, 0.05) is 11.1 Å². The molecule has 5 nitrogen and oxygen atoms in total. The maximum absolute atomic E-state index is 12.8. The first kappa shape index (κ1) is 15.9. The predicted octanol–water partition coefficient (Wildman–Crippen LogP) is 2.11. The molecule has 0 aromatic carbocycles. The molecule has 2 amide bonds. The number of aryl methyl sites for hydroxylation is 1. The third-order valence-corrected chi connectivity index (χ3v) is 5.29. The molecule has 116 valence electrons. The van der Waals surface area contributed by atoms with E-state index >= 15 is 0 Å². The summed E-state index contributed by atoms with van der Waals surface area (Å²) in [6, 6.07) is -0.397. The zero-order valence-electron chi connectivity index (χ0n) is 13.1. The Balaban J connectivity index is 2.27. The molecule has 1 saturated heterocycles. The van der Waals surface area contributed by atoms with Crippen LogP contribution < -0.4 is 5.32 Å². The summed E-state index contributed by atoms with van der Waals surface area (Å²) in [5.41, 5.74) is -0.798. The first-order valence-electron chi connectivity index (χ1n) is 7.51. The second-order valence-electron chi connectivity index (χ2n) is 5.61. The highest BCUT2D eigenvalue weighted by Crippen LogP contribution is 2.26. The molecule has 0 saturated carbocycles. The van der Waals surface area contributed by atoms with Crippen molar-refractivity contribution in [3.05, 3.63) is 16.1 Å². The first-order valence-corrected chi connectivity index (χ1v) is 8.33. The average molecular weight is 309 g/mol. The number of thiazole rings is 1. The van der Waals surface area contributed by atoms with E-state index in [2.05, 4.69) is 17.2 Å². The van der Waals surface area contributed by atoms with Gasteiger partial charge in [0.1, 0.15) is 16.6 Å². The molecule has 0 radical (unpaired) electrons. The highest BCUT2D eigenvalue weighted by atomic mass is 32.1. The van der Waals surface area contributed by atoms with Crippen molar-refractivity contribution in [2.24, 2.45) is 0 Å². The Bertz CT molecular complexity index is 543. The summed E-state index contributed by atoms with van der Waals surface area (Å²) >= 11 is 1.61. The van der Waals surface area contributed by atoms with E-state index in [9.17, 15) is 9.59 Å². The van der Waals surface area contributed by atoms with Crippen molar-refractivity contribution in [1.29, 1.82) is 0 Å². The fourth-order valence-electron chi connectivity index (χ4n) is 2.57. The van der Waals surface area contributed by atoms with Crippen molar-refractivity contribution in [1.82, 2.24) is 15.2 Å². The molecule has 0 spiro atoms. The first-order chi connectivity index (χ1) is 9.95. The molecule has 2 heterocycles. The molecule has 6 heteroatoms. The lowest BCUT2D eigenvalue weighted by Crippen LogP contribution is -2.68. The number of hydrogen-bond acceptors (Lipinski definition) is 4.